The Kier molecular flexibility index (Phi) is 5.71. The Morgan fingerprint density at radius 3 is 2.22 bits per heavy atom. The standard InChI is InChI=1S/C17H25NO5/c1-11(19)23-16-10-18(2)7-6-13(16)17-14(21-4)8-12(20-3)9-15(17)22-5/h8-9,13,16H,6-7,10H2,1-5H3/t13-,16-/m0/s1. The lowest BCUT2D eigenvalue weighted by Gasteiger charge is -2.37. The van der Waals surface area contributed by atoms with Crippen LogP contribution in [-0.2, 0) is 9.53 Å². The zero-order valence-electron chi connectivity index (χ0n) is 14.4. The van der Waals surface area contributed by atoms with Crippen LogP contribution < -0.4 is 14.2 Å². The summed E-state index contributed by atoms with van der Waals surface area (Å²) in [5.74, 6) is 1.79. The topological polar surface area (TPSA) is 57.2 Å². The van der Waals surface area contributed by atoms with Gasteiger partial charge < -0.3 is 23.8 Å². The van der Waals surface area contributed by atoms with Crippen LogP contribution in [0.2, 0.25) is 0 Å². The fraction of sp³-hybridized carbons (Fsp3) is 0.588. The van der Waals surface area contributed by atoms with Crippen LogP contribution in [-0.4, -0.2) is 58.4 Å². The van der Waals surface area contributed by atoms with Gasteiger partial charge in [-0.05, 0) is 20.0 Å². The molecule has 1 aromatic carbocycles. The molecular weight excluding hydrogens is 298 g/mol. The summed E-state index contributed by atoms with van der Waals surface area (Å²) in [7, 11) is 6.86. The average molecular weight is 323 g/mol. The molecule has 0 spiro atoms. The predicted octanol–water partition coefficient (Wildman–Crippen LogP) is 2.06. The first-order valence-corrected chi connectivity index (χ1v) is 7.65. The molecule has 0 amide bonds. The quantitative estimate of drug-likeness (QED) is 0.773. The number of carbonyl (C=O) groups excluding carboxylic acids is 1. The largest absolute Gasteiger partial charge is 0.496 e. The van der Waals surface area contributed by atoms with Gasteiger partial charge in [0.25, 0.3) is 0 Å². The molecule has 0 aliphatic carbocycles. The highest BCUT2D eigenvalue weighted by molar-refractivity contribution is 5.66. The molecule has 128 valence electrons. The first-order chi connectivity index (χ1) is 11.0. The lowest BCUT2D eigenvalue weighted by molar-refractivity contribution is -0.149. The van der Waals surface area contributed by atoms with Crippen LogP contribution in [0, 0.1) is 0 Å². The molecule has 0 radical (unpaired) electrons. The van der Waals surface area contributed by atoms with Crippen molar-refractivity contribution in [1.29, 1.82) is 0 Å². The third kappa shape index (κ3) is 3.88. The molecule has 0 N–H and O–H groups in total. The molecule has 6 heteroatoms. The third-order valence-electron chi connectivity index (χ3n) is 4.20. The van der Waals surface area contributed by atoms with E-state index in [1.165, 1.54) is 6.92 Å². The molecule has 2 rings (SSSR count). The maximum atomic E-state index is 11.5. The molecule has 2 atom stereocenters. The van der Waals surface area contributed by atoms with E-state index in [-0.39, 0.29) is 18.0 Å². The zero-order valence-corrected chi connectivity index (χ0v) is 14.4. The fourth-order valence-electron chi connectivity index (χ4n) is 3.13. The molecule has 1 aliphatic rings. The van der Waals surface area contributed by atoms with Crippen molar-refractivity contribution in [3.63, 3.8) is 0 Å². The molecule has 0 unspecified atom stereocenters. The van der Waals surface area contributed by atoms with Crippen LogP contribution in [0.1, 0.15) is 24.8 Å². The molecule has 1 heterocycles. The Balaban J connectivity index is 2.46. The number of carbonyl (C=O) groups is 1. The van der Waals surface area contributed by atoms with Crippen LogP contribution in [0.4, 0.5) is 0 Å². The Bertz CT molecular complexity index is 535. The lowest BCUT2D eigenvalue weighted by atomic mass is 9.85. The zero-order chi connectivity index (χ0) is 17.0. The van der Waals surface area contributed by atoms with E-state index in [2.05, 4.69) is 4.90 Å². The Hall–Kier alpha value is -1.95. The van der Waals surface area contributed by atoms with E-state index in [0.29, 0.717) is 23.8 Å². The molecular formula is C17H25NO5. The minimum absolute atomic E-state index is 0.0194. The number of piperidine rings is 1. The van der Waals surface area contributed by atoms with Gasteiger partial charge in [0, 0.05) is 37.1 Å². The summed E-state index contributed by atoms with van der Waals surface area (Å²) in [4.78, 5) is 13.6. The summed E-state index contributed by atoms with van der Waals surface area (Å²) in [5, 5.41) is 0. The Labute approximate surface area is 137 Å². The van der Waals surface area contributed by atoms with Gasteiger partial charge in [0.2, 0.25) is 0 Å². The van der Waals surface area contributed by atoms with E-state index in [0.717, 1.165) is 18.5 Å². The second-order valence-electron chi connectivity index (χ2n) is 5.75. The SMILES string of the molecule is COc1cc(OC)c([C@H]2CCN(C)C[C@@H]2OC(C)=O)c(OC)c1. The van der Waals surface area contributed by atoms with Crippen LogP contribution >= 0.6 is 0 Å². The van der Waals surface area contributed by atoms with Crippen molar-refractivity contribution >= 4 is 5.97 Å². The maximum absolute atomic E-state index is 11.5. The number of rotatable bonds is 5. The molecule has 1 aliphatic heterocycles. The van der Waals surface area contributed by atoms with E-state index in [4.69, 9.17) is 18.9 Å². The van der Waals surface area contributed by atoms with Crippen molar-refractivity contribution in [3.05, 3.63) is 17.7 Å². The van der Waals surface area contributed by atoms with Gasteiger partial charge in [0.1, 0.15) is 23.4 Å². The lowest BCUT2D eigenvalue weighted by Crippen LogP contribution is -2.43. The van der Waals surface area contributed by atoms with E-state index in [9.17, 15) is 4.79 Å². The van der Waals surface area contributed by atoms with Crippen molar-refractivity contribution in [1.82, 2.24) is 4.90 Å². The Morgan fingerprint density at radius 2 is 1.74 bits per heavy atom. The van der Waals surface area contributed by atoms with Gasteiger partial charge >= 0.3 is 5.97 Å². The van der Waals surface area contributed by atoms with Gasteiger partial charge in [0.15, 0.2) is 0 Å². The van der Waals surface area contributed by atoms with Gasteiger partial charge in [-0.15, -0.1) is 0 Å². The maximum Gasteiger partial charge on any atom is 0.302 e. The number of ether oxygens (including phenoxy) is 4. The van der Waals surface area contributed by atoms with Crippen molar-refractivity contribution in [3.8, 4) is 17.2 Å². The molecule has 1 aromatic rings. The van der Waals surface area contributed by atoms with Gasteiger partial charge in [-0.1, -0.05) is 0 Å². The van der Waals surface area contributed by atoms with Gasteiger partial charge in [-0.2, -0.15) is 0 Å². The van der Waals surface area contributed by atoms with E-state index in [1.807, 2.05) is 19.2 Å². The molecule has 1 saturated heterocycles. The number of likely N-dealkylation sites (tertiary alicyclic amines) is 1. The van der Waals surface area contributed by atoms with Crippen LogP contribution in [0.15, 0.2) is 12.1 Å². The van der Waals surface area contributed by atoms with Crippen LogP contribution in [0.5, 0.6) is 17.2 Å². The summed E-state index contributed by atoms with van der Waals surface area (Å²) >= 11 is 0. The van der Waals surface area contributed by atoms with Crippen molar-refractivity contribution in [2.24, 2.45) is 0 Å². The first-order valence-electron chi connectivity index (χ1n) is 7.65. The van der Waals surface area contributed by atoms with Crippen LogP contribution in [0.3, 0.4) is 0 Å². The molecule has 0 saturated carbocycles. The monoisotopic (exact) mass is 323 g/mol. The highest BCUT2D eigenvalue weighted by Gasteiger charge is 2.35. The second kappa shape index (κ2) is 7.55. The highest BCUT2D eigenvalue weighted by atomic mass is 16.5. The Morgan fingerprint density at radius 1 is 1.13 bits per heavy atom. The predicted molar refractivity (Wildman–Crippen MR) is 86.5 cm³/mol. The van der Waals surface area contributed by atoms with Gasteiger partial charge in [-0.25, -0.2) is 0 Å². The number of nitrogens with zero attached hydrogens (tertiary/aromatic N) is 1. The molecule has 6 nitrogen and oxygen atoms in total. The third-order valence-corrected chi connectivity index (χ3v) is 4.20. The number of benzene rings is 1. The van der Waals surface area contributed by atoms with Crippen molar-refractivity contribution in [2.75, 3.05) is 41.5 Å². The smallest absolute Gasteiger partial charge is 0.302 e. The summed E-state index contributed by atoms with van der Waals surface area (Å²) in [6.45, 7) is 3.04. The minimum Gasteiger partial charge on any atom is -0.496 e. The number of hydrogen-bond donors (Lipinski definition) is 0. The number of likely N-dealkylation sites (N-methyl/N-ethyl adjacent to an activating group) is 1. The first kappa shape index (κ1) is 17.4. The number of esters is 1. The second-order valence-corrected chi connectivity index (χ2v) is 5.75. The molecule has 1 fully saturated rings. The van der Waals surface area contributed by atoms with Gasteiger partial charge in [-0.3, -0.25) is 4.79 Å². The van der Waals surface area contributed by atoms with E-state index >= 15 is 0 Å². The van der Waals surface area contributed by atoms with Crippen molar-refractivity contribution < 1.29 is 23.7 Å². The average Bonchev–Trinajstić information content (AvgIpc) is 2.53. The normalized spacial score (nSPS) is 21.6. The summed E-state index contributed by atoms with van der Waals surface area (Å²) in [6.07, 6.45) is 0.621. The number of hydrogen-bond acceptors (Lipinski definition) is 6. The van der Waals surface area contributed by atoms with E-state index in [1.54, 1.807) is 21.3 Å². The minimum atomic E-state index is -0.276. The van der Waals surface area contributed by atoms with Crippen molar-refractivity contribution in [2.45, 2.75) is 25.4 Å². The van der Waals surface area contributed by atoms with E-state index < -0.39 is 0 Å². The van der Waals surface area contributed by atoms with Gasteiger partial charge in [0.05, 0.1) is 21.3 Å². The molecule has 0 aromatic heterocycles. The summed E-state index contributed by atoms with van der Waals surface area (Å²) < 4.78 is 22.0. The van der Waals surface area contributed by atoms with Crippen LogP contribution in [0.25, 0.3) is 0 Å². The summed E-state index contributed by atoms with van der Waals surface area (Å²) in [5.41, 5.74) is 0.926. The molecule has 0 bridgehead atoms. The summed E-state index contributed by atoms with van der Waals surface area (Å²) in [6, 6.07) is 3.67. The molecule has 23 heavy (non-hydrogen) atoms. The fourth-order valence-corrected chi connectivity index (χ4v) is 3.13. The highest BCUT2D eigenvalue weighted by Crippen LogP contribution is 2.43. The number of methoxy groups -OCH3 is 3.